The molecule has 1 N–H and O–H groups in total. The molecular weight excluding hydrogens is 284 g/mol. The van der Waals surface area contributed by atoms with Gasteiger partial charge < -0.3 is 14.6 Å². The van der Waals surface area contributed by atoms with Gasteiger partial charge in [-0.05, 0) is 18.4 Å². The average molecular weight is 304 g/mol. The summed E-state index contributed by atoms with van der Waals surface area (Å²) >= 11 is 0. The first-order chi connectivity index (χ1) is 10.5. The maximum Gasteiger partial charge on any atom is 0.323 e. The number of hydrogen-bond donors (Lipinski definition) is 1. The molecule has 0 amide bonds. The van der Waals surface area contributed by atoms with Crippen molar-refractivity contribution in [1.82, 2.24) is 0 Å². The highest BCUT2D eigenvalue weighted by Gasteiger charge is 2.52. The van der Waals surface area contributed by atoms with Crippen molar-refractivity contribution in [2.45, 2.75) is 25.4 Å². The zero-order valence-electron chi connectivity index (χ0n) is 12.7. The van der Waals surface area contributed by atoms with Crippen LogP contribution in [-0.4, -0.2) is 37.4 Å². The van der Waals surface area contributed by atoms with Gasteiger partial charge >= 0.3 is 11.9 Å². The summed E-state index contributed by atoms with van der Waals surface area (Å²) in [4.78, 5) is 24.3. The maximum absolute atomic E-state index is 12.2. The van der Waals surface area contributed by atoms with E-state index in [1.165, 1.54) is 14.2 Å². The molecule has 2 rings (SSSR count). The Morgan fingerprint density at radius 2 is 1.77 bits per heavy atom. The third-order valence-electron chi connectivity index (χ3n) is 3.93. The molecular formula is C17H20O5. The molecule has 0 heterocycles. The molecule has 1 atom stereocenters. The van der Waals surface area contributed by atoms with Crippen LogP contribution in [0.3, 0.4) is 0 Å². The van der Waals surface area contributed by atoms with E-state index in [-0.39, 0.29) is 12.8 Å². The van der Waals surface area contributed by atoms with Crippen molar-refractivity contribution in [3.05, 3.63) is 41.5 Å². The van der Waals surface area contributed by atoms with E-state index >= 15 is 0 Å². The predicted molar refractivity (Wildman–Crippen MR) is 80.7 cm³/mol. The van der Waals surface area contributed by atoms with Gasteiger partial charge in [-0.3, -0.25) is 9.59 Å². The Morgan fingerprint density at radius 3 is 2.32 bits per heavy atom. The lowest BCUT2D eigenvalue weighted by molar-refractivity contribution is -0.173. The first-order valence-electron chi connectivity index (χ1n) is 7.11. The van der Waals surface area contributed by atoms with Crippen LogP contribution in [0.1, 0.15) is 24.8 Å². The summed E-state index contributed by atoms with van der Waals surface area (Å²) in [5, 5.41) is 10.1. The second-order valence-corrected chi connectivity index (χ2v) is 5.52. The zero-order chi connectivity index (χ0) is 16.2. The van der Waals surface area contributed by atoms with Crippen molar-refractivity contribution < 1.29 is 24.2 Å². The first kappa shape index (κ1) is 16.2. The minimum atomic E-state index is -1.47. The summed E-state index contributed by atoms with van der Waals surface area (Å²) in [7, 11) is 2.46. The fourth-order valence-electron chi connectivity index (χ4n) is 2.99. The molecule has 1 aliphatic rings. The Bertz CT molecular complexity index is 560. The van der Waals surface area contributed by atoms with Crippen LogP contribution in [0.15, 0.2) is 35.9 Å². The number of benzene rings is 1. The number of carbonyl (C=O) groups is 2. The van der Waals surface area contributed by atoms with Crippen LogP contribution >= 0.6 is 0 Å². The minimum absolute atomic E-state index is 0.0124. The highest BCUT2D eigenvalue weighted by molar-refractivity contribution is 6.00. The van der Waals surface area contributed by atoms with Gasteiger partial charge in [-0.1, -0.05) is 42.0 Å². The van der Waals surface area contributed by atoms with Gasteiger partial charge in [-0.15, -0.1) is 0 Å². The third-order valence-corrected chi connectivity index (χ3v) is 3.93. The summed E-state index contributed by atoms with van der Waals surface area (Å²) in [6.07, 6.45) is 1.73. The molecule has 0 aromatic heterocycles. The molecule has 0 spiro atoms. The summed E-state index contributed by atoms with van der Waals surface area (Å²) in [6.45, 7) is 0. The Kier molecular flexibility index (Phi) is 4.98. The third kappa shape index (κ3) is 3.20. The Hall–Kier alpha value is -2.14. The maximum atomic E-state index is 12.2. The SMILES string of the molecule is COC(=O)C1(C(=O)OC)C/C(=C/c2ccccc2)CC(O)C1. The summed E-state index contributed by atoms with van der Waals surface area (Å²) < 4.78 is 9.57. The number of rotatable bonds is 3. The average Bonchev–Trinajstić information content (AvgIpc) is 2.53. The van der Waals surface area contributed by atoms with Crippen LogP contribution in [-0.2, 0) is 19.1 Å². The van der Waals surface area contributed by atoms with Crippen LogP contribution < -0.4 is 0 Å². The molecule has 1 unspecified atom stereocenters. The van der Waals surface area contributed by atoms with Crippen molar-refractivity contribution >= 4 is 18.0 Å². The van der Waals surface area contributed by atoms with Crippen molar-refractivity contribution in [3.63, 3.8) is 0 Å². The molecule has 0 bridgehead atoms. The van der Waals surface area contributed by atoms with Crippen LogP contribution in [0.4, 0.5) is 0 Å². The summed E-state index contributed by atoms with van der Waals surface area (Å²) in [6, 6.07) is 9.56. The lowest BCUT2D eigenvalue weighted by Crippen LogP contribution is -2.46. The van der Waals surface area contributed by atoms with E-state index in [0.29, 0.717) is 6.42 Å². The molecule has 1 aromatic carbocycles. The number of esters is 2. The zero-order valence-corrected chi connectivity index (χ0v) is 12.7. The fourth-order valence-corrected chi connectivity index (χ4v) is 2.99. The highest BCUT2D eigenvalue weighted by atomic mass is 16.5. The van der Waals surface area contributed by atoms with Crippen LogP contribution in [0.25, 0.3) is 6.08 Å². The normalized spacial score (nSPS) is 22.1. The van der Waals surface area contributed by atoms with Gasteiger partial charge in [0.15, 0.2) is 5.41 Å². The van der Waals surface area contributed by atoms with E-state index in [2.05, 4.69) is 0 Å². The topological polar surface area (TPSA) is 72.8 Å². The van der Waals surface area contributed by atoms with E-state index in [1.807, 2.05) is 36.4 Å². The van der Waals surface area contributed by atoms with Crippen molar-refractivity contribution in [3.8, 4) is 0 Å². The van der Waals surface area contributed by atoms with E-state index in [0.717, 1.165) is 11.1 Å². The number of hydrogen-bond acceptors (Lipinski definition) is 5. The molecule has 118 valence electrons. The molecule has 0 aliphatic heterocycles. The molecule has 1 aliphatic carbocycles. The van der Waals surface area contributed by atoms with E-state index < -0.39 is 23.5 Å². The molecule has 0 radical (unpaired) electrons. The van der Waals surface area contributed by atoms with Gasteiger partial charge in [0, 0.05) is 6.42 Å². The first-order valence-corrected chi connectivity index (χ1v) is 7.11. The molecule has 5 heteroatoms. The van der Waals surface area contributed by atoms with Gasteiger partial charge in [0.25, 0.3) is 0 Å². The molecule has 1 fully saturated rings. The smallest absolute Gasteiger partial charge is 0.323 e. The second kappa shape index (κ2) is 6.75. The second-order valence-electron chi connectivity index (χ2n) is 5.52. The van der Waals surface area contributed by atoms with E-state index in [1.54, 1.807) is 0 Å². The van der Waals surface area contributed by atoms with Crippen LogP contribution in [0.2, 0.25) is 0 Å². The number of ether oxygens (including phenoxy) is 2. The number of methoxy groups -OCH3 is 2. The lowest BCUT2D eigenvalue weighted by Gasteiger charge is -2.35. The molecule has 1 saturated carbocycles. The van der Waals surface area contributed by atoms with Crippen molar-refractivity contribution in [2.24, 2.45) is 5.41 Å². The number of aliphatic hydroxyl groups excluding tert-OH is 1. The molecule has 1 aromatic rings. The molecule has 22 heavy (non-hydrogen) atoms. The van der Waals surface area contributed by atoms with Crippen LogP contribution in [0, 0.1) is 5.41 Å². The van der Waals surface area contributed by atoms with Gasteiger partial charge in [-0.25, -0.2) is 0 Å². The lowest BCUT2D eigenvalue weighted by atomic mass is 9.70. The standard InChI is InChI=1S/C17H20O5/c1-21-15(19)17(16(20)22-2)10-13(9-14(18)11-17)8-12-6-4-3-5-7-12/h3-8,14,18H,9-11H2,1-2H3/b13-8+. The van der Waals surface area contributed by atoms with E-state index in [4.69, 9.17) is 9.47 Å². The number of aliphatic hydroxyl groups is 1. The van der Waals surface area contributed by atoms with Gasteiger partial charge in [0.1, 0.15) is 0 Å². The van der Waals surface area contributed by atoms with Gasteiger partial charge in [-0.2, -0.15) is 0 Å². The van der Waals surface area contributed by atoms with Crippen molar-refractivity contribution in [1.29, 1.82) is 0 Å². The van der Waals surface area contributed by atoms with E-state index in [9.17, 15) is 14.7 Å². The fraction of sp³-hybridized carbons (Fsp3) is 0.412. The Labute approximate surface area is 129 Å². The summed E-state index contributed by atoms with van der Waals surface area (Å²) in [5.41, 5.74) is 0.304. The minimum Gasteiger partial charge on any atom is -0.468 e. The van der Waals surface area contributed by atoms with Gasteiger partial charge in [0.05, 0.1) is 20.3 Å². The summed E-state index contributed by atoms with van der Waals surface area (Å²) in [5.74, 6) is -1.34. The monoisotopic (exact) mass is 304 g/mol. The predicted octanol–water partition coefficient (Wildman–Crippen LogP) is 1.95. The Balaban J connectivity index is 2.38. The highest BCUT2D eigenvalue weighted by Crippen LogP contribution is 2.42. The largest absolute Gasteiger partial charge is 0.468 e. The quantitative estimate of drug-likeness (QED) is 0.682. The number of carbonyl (C=O) groups excluding carboxylic acids is 2. The molecule has 0 saturated heterocycles. The van der Waals surface area contributed by atoms with Gasteiger partial charge in [0.2, 0.25) is 0 Å². The Morgan fingerprint density at radius 1 is 1.18 bits per heavy atom. The van der Waals surface area contributed by atoms with Crippen molar-refractivity contribution in [2.75, 3.05) is 14.2 Å². The molecule has 5 nitrogen and oxygen atoms in total. The van der Waals surface area contributed by atoms with Crippen LogP contribution in [0.5, 0.6) is 0 Å².